The molecule has 0 bridgehead atoms. The summed E-state index contributed by atoms with van der Waals surface area (Å²) in [6, 6.07) is 18.1. The average molecular weight is 446 g/mol. The van der Waals surface area contributed by atoms with Gasteiger partial charge in [-0.3, -0.25) is 14.4 Å². The molecule has 32 heavy (non-hydrogen) atoms. The molecule has 1 aliphatic carbocycles. The summed E-state index contributed by atoms with van der Waals surface area (Å²) < 4.78 is 0. The van der Waals surface area contributed by atoms with Crippen LogP contribution in [0.4, 0.5) is 5.13 Å². The van der Waals surface area contributed by atoms with Gasteiger partial charge in [0, 0.05) is 23.6 Å². The van der Waals surface area contributed by atoms with Gasteiger partial charge in [-0.05, 0) is 25.7 Å². The van der Waals surface area contributed by atoms with Crippen LogP contribution in [-0.2, 0) is 9.59 Å². The lowest BCUT2D eigenvalue weighted by Crippen LogP contribution is -2.43. The van der Waals surface area contributed by atoms with Crippen molar-refractivity contribution in [2.75, 3.05) is 11.9 Å². The Kier molecular flexibility index (Phi) is 5.57. The highest BCUT2D eigenvalue weighted by Crippen LogP contribution is 2.35. The summed E-state index contributed by atoms with van der Waals surface area (Å²) in [5, 5.41) is 3.26. The standard InChI is InChI=1S/C25H23N3O3S/c29-21(17-10-5-2-6-11-17)22-20(16-8-3-1-4-9-16)26-25(32-22)27-23(30)19-12-7-15-28(19)24(31)18-13-14-18/h1-6,8-11,18-19H,7,12-15H2,(H,26,27,30). The second-order valence-corrected chi connectivity index (χ2v) is 9.21. The summed E-state index contributed by atoms with van der Waals surface area (Å²) in [6.45, 7) is 0.623. The molecule has 1 aromatic heterocycles. The number of hydrogen-bond acceptors (Lipinski definition) is 5. The number of carbonyl (C=O) groups is 3. The Bertz CT molecular complexity index is 1160. The monoisotopic (exact) mass is 445 g/mol. The molecule has 0 spiro atoms. The van der Waals surface area contributed by atoms with E-state index in [0.717, 1.165) is 24.8 Å². The van der Waals surface area contributed by atoms with Crippen LogP contribution in [0.2, 0.25) is 0 Å². The number of aromatic nitrogens is 1. The Morgan fingerprint density at radius 3 is 2.31 bits per heavy atom. The number of nitrogens with one attached hydrogen (secondary N) is 1. The molecule has 162 valence electrons. The first-order chi connectivity index (χ1) is 15.6. The number of anilines is 1. The van der Waals surface area contributed by atoms with Gasteiger partial charge in [0.25, 0.3) is 0 Å². The van der Waals surface area contributed by atoms with E-state index in [0.29, 0.717) is 34.2 Å². The van der Waals surface area contributed by atoms with Gasteiger partial charge in [-0.25, -0.2) is 4.98 Å². The molecule has 2 fully saturated rings. The van der Waals surface area contributed by atoms with Crippen LogP contribution >= 0.6 is 11.3 Å². The minimum atomic E-state index is -0.472. The van der Waals surface area contributed by atoms with Crippen molar-refractivity contribution >= 4 is 34.1 Å². The van der Waals surface area contributed by atoms with Gasteiger partial charge in [-0.1, -0.05) is 72.0 Å². The molecule has 6 nitrogen and oxygen atoms in total. The van der Waals surface area contributed by atoms with Crippen molar-refractivity contribution in [1.29, 1.82) is 0 Å². The number of rotatable bonds is 6. The molecule has 1 N–H and O–H groups in total. The summed E-state index contributed by atoms with van der Waals surface area (Å²) in [7, 11) is 0. The van der Waals surface area contributed by atoms with Crippen molar-refractivity contribution in [3.63, 3.8) is 0 Å². The number of benzene rings is 2. The maximum absolute atomic E-state index is 13.2. The lowest BCUT2D eigenvalue weighted by atomic mass is 10.1. The van der Waals surface area contributed by atoms with E-state index in [2.05, 4.69) is 10.3 Å². The topological polar surface area (TPSA) is 79.4 Å². The Morgan fingerprint density at radius 1 is 0.938 bits per heavy atom. The van der Waals surface area contributed by atoms with E-state index >= 15 is 0 Å². The number of likely N-dealkylation sites (tertiary alicyclic amines) is 1. The molecule has 2 amide bonds. The second-order valence-electron chi connectivity index (χ2n) is 8.21. The Hall–Kier alpha value is -3.32. The molecule has 1 atom stereocenters. The number of hydrogen-bond donors (Lipinski definition) is 1. The van der Waals surface area contributed by atoms with E-state index in [4.69, 9.17) is 0 Å². The van der Waals surface area contributed by atoms with Gasteiger partial charge in [0.2, 0.25) is 17.6 Å². The smallest absolute Gasteiger partial charge is 0.248 e. The van der Waals surface area contributed by atoms with Gasteiger partial charge < -0.3 is 10.2 Å². The third kappa shape index (κ3) is 4.08. The number of ketones is 1. The summed E-state index contributed by atoms with van der Waals surface area (Å²) in [5.74, 6) is -0.188. The summed E-state index contributed by atoms with van der Waals surface area (Å²) in [6.07, 6.45) is 3.31. The number of carbonyl (C=O) groups excluding carboxylic acids is 3. The van der Waals surface area contributed by atoms with Crippen LogP contribution in [0.1, 0.15) is 40.9 Å². The molecule has 1 unspecified atom stereocenters. The van der Waals surface area contributed by atoms with Gasteiger partial charge in [0.15, 0.2) is 5.13 Å². The van der Waals surface area contributed by atoms with Gasteiger partial charge in [0.05, 0.1) is 5.69 Å². The van der Waals surface area contributed by atoms with Crippen molar-refractivity contribution in [3.8, 4) is 11.3 Å². The number of amides is 2. The lowest BCUT2D eigenvalue weighted by Gasteiger charge is -2.23. The fraction of sp³-hybridized carbons (Fsp3) is 0.280. The van der Waals surface area contributed by atoms with E-state index in [1.54, 1.807) is 17.0 Å². The van der Waals surface area contributed by atoms with Crippen LogP contribution in [0.15, 0.2) is 60.7 Å². The fourth-order valence-electron chi connectivity index (χ4n) is 4.10. The zero-order chi connectivity index (χ0) is 22.1. The quantitative estimate of drug-likeness (QED) is 0.571. The van der Waals surface area contributed by atoms with Crippen LogP contribution in [-0.4, -0.2) is 40.1 Å². The summed E-state index contributed by atoms with van der Waals surface area (Å²) >= 11 is 1.18. The largest absolute Gasteiger partial charge is 0.330 e. The Morgan fingerprint density at radius 2 is 1.62 bits per heavy atom. The zero-order valence-corrected chi connectivity index (χ0v) is 18.3. The van der Waals surface area contributed by atoms with Crippen LogP contribution in [0.5, 0.6) is 0 Å². The van der Waals surface area contributed by atoms with E-state index in [9.17, 15) is 14.4 Å². The molecule has 3 aromatic rings. The SMILES string of the molecule is O=C(c1ccccc1)c1sc(NC(=O)C2CCCN2C(=O)C2CC2)nc1-c1ccccc1. The highest BCUT2D eigenvalue weighted by atomic mass is 32.1. The minimum Gasteiger partial charge on any atom is -0.330 e. The van der Waals surface area contributed by atoms with Crippen molar-refractivity contribution in [2.45, 2.75) is 31.7 Å². The molecule has 2 aromatic carbocycles. The molecule has 1 aliphatic heterocycles. The molecule has 5 rings (SSSR count). The number of nitrogens with zero attached hydrogens (tertiary/aromatic N) is 2. The van der Waals surface area contributed by atoms with E-state index in [1.807, 2.05) is 48.5 Å². The molecule has 7 heteroatoms. The third-order valence-corrected chi connectivity index (χ3v) is 6.88. The Balaban J connectivity index is 1.43. The van der Waals surface area contributed by atoms with Gasteiger partial charge in [-0.15, -0.1) is 0 Å². The summed E-state index contributed by atoms with van der Waals surface area (Å²) in [4.78, 5) is 45.6. The van der Waals surface area contributed by atoms with Crippen LogP contribution < -0.4 is 5.32 Å². The van der Waals surface area contributed by atoms with E-state index < -0.39 is 6.04 Å². The first-order valence-corrected chi connectivity index (χ1v) is 11.7. The van der Waals surface area contributed by atoms with Crippen molar-refractivity contribution in [3.05, 3.63) is 71.1 Å². The molecule has 1 saturated carbocycles. The highest BCUT2D eigenvalue weighted by Gasteiger charge is 2.41. The van der Waals surface area contributed by atoms with Crippen molar-refractivity contribution in [2.24, 2.45) is 5.92 Å². The van der Waals surface area contributed by atoms with Gasteiger partial charge in [0.1, 0.15) is 10.9 Å². The minimum absolute atomic E-state index is 0.0862. The normalized spacial score (nSPS) is 17.9. The summed E-state index contributed by atoms with van der Waals surface area (Å²) in [5.41, 5.74) is 1.94. The maximum atomic E-state index is 13.2. The predicted molar refractivity (Wildman–Crippen MR) is 124 cm³/mol. The van der Waals surface area contributed by atoms with Crippen molar-refractivity contribution < 1.29 is 14.4 Å². The lowest BCUT2D eigenvalue weighted by molar-refractivity contribution is -0.137. The van der Waals surface area contributed by atoms with E-state index in [1.165, 1.54) is 11.3 Å². The number of thiazole rings is 1. The van der Waals surface area contributed by atoms with Gasteiger partial charge >= 0.3 is 0 Å². The van der Waals surface area contributed by atoms with E-state index in [-0.39, 0.29) is 23.5 Å². The van der Waals surface area contributed by atoms with Crippen LogP contribution in [0.3, 0.4) is 0 Å². The first kappa shape index (κ1) is 20.6. The molecular weight excluding hydrogens is 422 g/mol. The molecule has 2 aliphatic rings. The highest BCUT2D eigenvalue weighted by molar-refractivity contribution is 7.18. The second kappa shape index (κ2) is 8.67. The molecular formula is C25H23N3O3S. The Labute approximate surface area is 190 Å². The molecule has 0 radical (unpaired) electrons. The first-order valence-electron chi connectivity index (χ1n) is 10.9. The molecule has 1 saturated heterocycles. The van der Waals surface area contributed by atoms with Crippen LogP contribution in [0.25, 0.3) is 11.3 Å². The average Bonchev–Trinajstić information content (AvgIpc) is 3.41. The third-order valence-electron chi connectivity index (χ3n) is 5.91. The molecule has 2 heterocycles. The predicted octanol–water partition coefficient (Wildman–Crippen LogP) is 4.38. The van der Waals surface area contributed by atoms with Gasteiger partial charge in [-0.2, -0.15) is 0 Å². The van der Waals surface area contributed by atoms with Crippen LogP contribution in [0, 0.1) is 5.92 Å². The maximum Gasteiger partial charge on any atom is 0.248 e. The fourth-order valence-corrected chi connectivity index (χ4v) is 5.05. The van der Waals surface area contributed by atoms with Crippen molar-refractivity contribution in [1.82, 2.24) is 9.88 Å². The zero-order valence-electron chi connectivity index (χ0n) is 17.5.